The molecule has 4 nitrogen and oxygen atoms in total. The van der Waals surface area contributed by atoms with Crippen molar-refractivity contribution < 1.29 is 14.6 Å². The summed E-state index contributed by atoms with van der Waals surface area (Å²) in [5.41, 5.74) is 1.11. The summed E-state index contributed by atoms with van der Waals surface area (Å²) in [6, 6.07) is 5.86. The predicted octanol–water partition coefficient (Wildman–Crippen LogP) is 2.78. The molecule has 1 fully saturated rings. The minimum Gasteiger partial charge on any atom is -0.481 e. The number of ether oxygens (including phenoxy) is 1. The van der Waals surface area contributed by atoms with Crippen LogP contribution in [-0.4, -0.2) is 41.8 Å². The van der Waals surface area contributed by atoms with Gasteiger partial charge in [-0.1, -0.05) is 17.7 Å². The molecule has 1 heterocycles. The summed E-state index contributed by atoms with van der Waals surface area (Å²) >= 11 is 9.42. The maximum atomic E-state index is 10.7. The third kappa shape index (κ3) is 4.45. The van der Waals surface area contributed by atoms with E-state index in [0.717, 1.165) is 23.1 Å². The van der Waals surface area contributed by atoms with E-state index in [2.05, 4.69) is 20.8 Å². The second-order valence-electron chi connectivity index (χ2n) is 4.57. The fourth-order valence-electron chi connectivity index (χ4n) is 2.14. The molecule has 0 aliphatic carbocycles. The Morgan fingerprint density at radius 1 is 1.58 bits per heavy atom. The molecule has 1 unspecified atom stereocenters. The summed E-state index contributed by atoms with van der Waals surface area (Å²) in [5.74, 6) is -0.821. The molecular weight excluding hydrogens is 334 g/mol. The van der Waals surface area contributed by atoms with Crippen LogP contribution in [0.2, 0.25) is 5.02 Å². The normalized spacial score (nSPS) is 20.4. The number of carbonyl (C=O) groups is 1. The zero-order chi connectivity index (χ0) is 13.8. The van der Waals surface area contributed by atoms with Crippen molar-refractivity contribution in [2.45, 2.75) is 19.1 Å². The van der Waals surface area contributed by atoms with Crippen LogP contribution < -0.4 is 0 Å². The lowest BCUT2D eigenvalue weighted by Crippen LogP contribution is -2.42. The van der Waals surface area contributed by atoms with Crippen molar-refractivity contribution in [3.8, 4) is 0 Å². The highest BCUT2D eigenvalue weighted by atomic mass is 79.9. The number of morpholine rings is 1. The van der Waals surface area contributed by atoms with Gasteiger partial charge < -0.3 is 9.84 Å². The second-order valence-corrected chi connectivity index (χ2v) is 5.84. The van der Waals surface area contributed by atoms with Gasteiger partial charge in [0, 0.05) is 24.1 Å². The summed E-state index contributed by atoms with van der Waals surface area (Å²) in [6.07, 6.45) is -0.172. The number of rotatable bonds is 4. The van der Waals surface area contributed by atoms with Gasteiger partial charge in [-0.3, -0.25) is 9.69 Å². The van der Waals surface area contributed by atoms with Crippen molar-refractivity contribution in [2.24, 2.45) is 0 Å². The van der Waals surface area contributed by atoms with Crippen molar-refractivity contribution in [3.05, 3.63) is 33.3 Å². The number of hydrogen-bond acceptors (Lipinski definition) is 3. The first-order valence-electron chi connectivity index (χ1n) is 6.04. The molecule has 6 heteroatoms. The Morgan fingerprint density at radius 3 is 3.05 bits per heavy atom. The van der Waals surface area contributed by atoms with Gasteiger partial charge in [-0.15, -0.1) is 0 Å². The molecule has 1 saturated heterocycles. The van der Waals surface area contributed by atoms with Gasteiger partial charge >= 0.3 is 5.97 Å². The van der Waals surface area contributed by atoms with E-state index in [1.165, 1.54) is 0 Å². The van der Waals surface area contributed by atoms with E-state index in [9.17, 15) is 4.79 Å². The molecule has 0 saturated carbocycles. The van der Waals surface area contributed by atoms with Crippen LogP contribution in [-0.2, 0) is 16.1 Å². The van der Waals surface area contributed by atoms with Gasteiger partial charge in [-0.25, -0.2) is 0 Å². The van der Waals surface area contributed by atoms with Gasteiger partial charge in [-0.05, 0) is 33.6 Å². The highest BCUT2D eigenvalue weighted by Gasteiger charge is 2.22. The van der Waals surface area contributed by atoms with Crippen LogP contribution in [0.5, 0.6) is 0 Å². The van der Waals surface area contributed by atoms with E-state index < -0.39 is 5.97 Å². The average molecular weight is 349 g/mol. The summed E-state index contributed by atoms with van der Waals surface area (Å²) in [4.78, 5) is 12.9. The maximum absolute atomic E-state index is 10.7. The van der Waals surface area contributed by atoms with Crippen LogP contribution in [0.15, 0.2) is 22.7 Å². The molecule has 2 rings (SSSR count). The lowest BCUT2D eigenvalue weighted by molar-refractivity contribution is -0.142. The number of hydrogen-bond donors (Lipinski definition) is 1. The number of carboxylic acid groups (broad SMARTS) is 1. The second kappa shape index (κ2) is 6.70. The van der Waals surface area contributed by atoms with Crippen molar-refractivity contribution in [2.75, 3.05) is 19.7 Å². The van der Waals surface area contributed by atoms with Crippen LogP contribution in [0.3, 0.4) is 0 Å². The Balaban J connectivity index is 1.94. The summed E-state index contributed by atoms with van der Waals surface area (Å²) < 4.78 is 6.32. The number of carboxylic acids is 1. The topological polar surface area (TPSA) is 49.8 Å². The third-order valence-corrected chi connectivity index (χ3v) is 4.25. The zero-order valence-electron chi connectivity index (χ0n) is 10.3. The van der Waals surface area contributed by atoms with Crippen molar-refractivity contribution >= 4 is 33.5 Å². The van der Waals surface area contributed by atoms with E-state index in [1.807, 2.05) is 18.2 Å². The van der Waals surface area contributed by atoms with Crippen molar-refractivity contribution in [1.82, 2.24) is 4.90 Å². The van der Waals surface area contributed by atoms with Gasteiger partial charge in [-0.2, -0.15) is 0 Å². The Hall–Kier alpha value is -0.620. The molecule has 0 amide bonds. The van der Waals surface area contributed by atoms with Crippen LogP contribution >= 0.6 is 27.5 Å². The van der Waals surface area contributed by atoms with Crippen LogP contribution in [0.1, 0.15) is 12.0 Å². The molecule has 1 aromatic rings. The minimum absolute atomic E-state index is 0.0532. The third-order valence-electron chi connectivity index (χ3n) is 3.02. The largest absolute Gasteiger partial charge is 0.481 e. The zero-order valence-corrected chi connectivity index (χ0v) is 12.7. The van der Waals surface area contributed by atoms with E-state index in [4.69, 9.17) is 21.4 Å². The number of halogens is 2. The van der Waals surface area contributed by atoms with Gasteiger partial charge in [0.15, 0.2) is 0 Å². The van der Waals surface area contributed by atoms with E-state index >= 15 is 0 Å². The maximum Gasteiger partial charge on any atom is 0.306 e. The Kier molecular flexibility index (Phi) is 5.21. The van der Waals surface area contributed by atoms with E-state index in [1.54, 1.807) is 0 Å². The van der Waals surface area contributed by atoms with Gasteiger partial charge in [0.2, 0.25) is 0 Å². The molecule has 0 bridgehead atoms. The van der Waals surface area contributed by atoms with E-state index in [0.29, 0.717) is 18.2 Å². The lowest BCUT2D eigenvalue weighted by atomic mass is 10.1. The highest BCUT2D eigenvalue weighted by Crippen LogP contribution is 2.24. The fourth-order valence-corrected chi connectivity index (χ4v) is 2.59. The van der Waals surface area contributed by atoms with Gasteiger partial charge in [0.1, 0.15) is 0 Å². The molecule has 1 N–H and O–H groups in total. The van der Waals surface area contributed by atoms with Crippen LogP contribution in [0.25, 0.3) is 0 Å². The molecule has 0 radical (unpaired) electrons. The Bertz CT molecular complexity index is 469. The van der Waals surface area contributed by atoms with Crippen molar-refractivity contribution in [1.29, 1.82) is 0 Å². The Labute approximate surface area is 125 Å². The van der Waals surface area contributed by atoms with Crippen LogP contribution in [0.4, 0.5) is 0 Å². The van der Waals surface area contributed by atoms with Gasteiger partial charge in [0.05, 0.1) is 24.2 Å². The molecule has 1 atom stereocenters. The molecule has 104 valence electrons. The van der Waals surface area contributed by atoms with Crippen molar-refractivity contribution in [3.63, 3.8) is 0 Å². The number of aliphatic carboxylic acids is 1. The average Bonchev–Trinajstić information content (AvgIpc) is 2.33. The van der Waals surface area contributed by atoms with Crippen LogP contribution in [0, 0.1) is 0 Å². The van der Waals surface area contributed by atoms with E-state index in [-0.39, 0.29) is 12.5 Å². The SMILES string of the molecule is O=C(O)CC1CN(Cc2ccc(Br)c(Cl)c2)CCO1. The molecule has 1 aliphatic heterocycles. The smallest absolute Gasteiger partial charge is 0.306 e. The van der Waals surface area contributed by atoms with Gasteiger partial charge in [0.25, 0.3) is 0 Å². The minimum atomic E-state index is -0.821. The first-order chi connectivity index (χ1) is 9.04. The molecule has 19 heavy (non-hydrogen) atoms. The predicted molar refractivity (Wildman–Crippen MR) is 76.4 cm³/mol. The first-order valence-corrected chi connectivity index (χ1v) is 7.21. The molecule has 0 aromatic heterocycles. The quantitative estimate of drug-likeness (QED) is 0.909. The highest BCUT2D eigenvalue weighted by molar-refractivity contribution is 9.10. The number of nitrogens with zero attached hydrogens (tertiary/aromatic N) is 1. The fraction of sp³-hybridized carbons (Fsp3) is 0.462. The summed E-state index contributed by atoms with van der Waals surface area (Å²) in [5, 5.41) is 9.48. The summed E-state index contributed by atoms with van der Waals surface area (Å²) in [7, 11) is 0. The first kappa shape index (κ1) is 14.8. The molecular formula is C13H15BrClNO3. The lowest BCUT2D eigenvalue weighted by Gasteiger charge is -2.32. The standard InChI is InChI=1S/C13H15BrClNO3/c14-11-2-1-9(5-12(11)15)7-16-3-4-19-10(8-16)6-13(17)18/h1-2,5,10H,3-4,6-8H2,(H,17,18). The molecule has 0 spiro atoms. The molecule has 1 aliphatic rings. The summed E-state index contributed by atoms with van der Waals surface area (Å²) in [6.45, 7) is 2.78. The monoisotopic (exact) mass is 347 g/mol. The number of benzene rings is 1. The molecule has 1 aromatic carbocycles. The Morgan fingerprint density at radius 2 is 2.37 bits per heavy atom.